The lowest BCUT2D eigenvalue weighted by Gasteiger charge is -2.39. The van der Waals surface area contributed by atoms with Crippen LogP contribution in [0.25, 0.3) is 5.69 Å². The number of aliphatic hydroxyl groups excluding tert-OH is 1. The molecule has 0 radical (unpaired) electrons. The molecule has 0 spiro atoms. The van der Waals surface area contributed by atoms with Gasteiger partial charge in [0.05, 0.1) is 5.69 Å². The number of rotatable bonds is 4. The highest BCUT2D eigenvalue weighted by atomic mass is 19.4. The van der Waals surface area contributed by atoms with Gasteiger partial charge < -0.3 is 5.11 Å². The Morgan fingerprint density at radius 2 is 1.96 bits per heavy atom. The van der Waals surface area contributed by atoms with Crippen LogP contribution in [0.15, 0.2) is 42.7 Å². The van der Waals surface area contributed by atoms with Crippen LogP contribution in [0.2, 0.25) is 0 Å². The number of halogens is 3. The molecule has 0 aliphatic carbocycles. The van der Waals surface area contributed by atoms with E-state index in [1.165, 1.54) is 0 Å². The molecule has 4 nitrogen and oxygen atoms in total. The molecule has 1 aliphatic heterocycles. The number of alkyl halides is 3. The molecule has 1 N–H and O–H groups in total. The molecule has 0 amide bonds. The maximum Gasteiger partial charge on any atom is 0.415 e. The number of likely N-dealkylation sites (tertiary alicyclic amines) is 1. The van der Waals surface area contributed by atoms with Gasteiger partial charge >= 0.3 is 6.18 Å². The fourth-order valence-electron chi connectivity index (χ4n) is 3.20. The quantitative estimate of drug-likeness (QED) is 0.930. The molecular formula is C17H20F3N3O. The number of hydrogen-bond donors (Lipinski definition) is 1. The predicted molar refractivity (Wildman–Crippen MR) is 83.7 cm³/mol. The van der Waals surface area contributed by atoms with E-state index in [2.05, 4.69) is 5.10 Å². The van der Waals surface area contributed by atoms with Crippen molar-refractivity contribution in [1.29, 1.82) is 0 Å². The summed E-state index contributed by atoms with van der Waals surface area (Å²) >= 11 is 0. The van der Waals surface area contributed by atoms with Gasteiger partial charge in [-0.25, -0.2) is 4.68 Å². The van der Waals surface area contributed by atoms with Crippen molar-refractivity contribution in [1.82, 2.24) is 14.7 Å². The summed E-state index contributed by atoms with van der Waals surface area (Å²) in [5, 5.41) is 13.8. The number of benzene rings is 1. The summed E-state index contributed by atoms with van der Waals surface area (Å²) in [7, 11) is 0. The summed E-state index contributed by atoms with van der Waals surface area (Å²) in [6.07, 6.45) is -1.42. The number of hydrogen-bond acceptors (Lipinski definition) is 3. The van der Waals surface area contributed by atoms with E-state index in [0.29, 0.717) is 25.9 Å². The topological polar surface area (TPSA) is 41.3 Å². The second-order valence-electron chi connectivity index (χ2n) is 6.14. The summed E-state index contributed by atoms with van der Waals surface area (Å²) in [6, 6.07) is 8.52. The van der Waals surface area contributed by atoms with Crippen molar-refractivity contribution in [3.8, 4) is 5.69 Å². The van der Waals surface area contributed by atoms with Crippen molar-refractivity contribution in [3.05, 3.63) is 48.3 Å². The Labute approximate surface area is 138 Å². The molecular weight excluding hydrogens is 319 g/mol. The highest BCUT2D eigenvalue weighted by Gasteiger charge is 2.46. The van der Waals surface area contributed by atoms with Crippen molar-refractivity contribution in [3.63, 3.8) is 0 Å². The molecule has 1 fully saturated rings. The lowest BCUT2D eigenvalue weighted by Crippen LogP contribution is -2.51. The highest BCUT2D eigenvalue weighted by molar-refractivity contribution is 5.33. The SMILES string of the molecule is O[C@H]([C@@H]1CCCCN1Cc1ccc(-n2cccn2)cc1)C(F)(F)F. The lowest BCUT2D eigenvalue weighted by atomic mass is 9.96. The minimum Gasteiger partial charge on any atom is -0.382 e. The summed E-state index contributed by atoms with van der Waals surface area (Å²) in [6.45, 7) is 0.968. The fourth-order valence-corrected chi connectivity index (χ4v) is 3.20. The number of nitrogens with zero attached hydrogens (tertiary/aromatic N) is 3. The second-order valence-corrected chi connectivity index (χ2v) is 6.14. The fraction of sp³-hybridized carbons (Fsp3) is 0.471. The van der Waals surface area contributed by atoms with Crippen molar-refractivity contribution in [2.45, 2.75) is 44.1 Å². The number of aliphatic hydroxyl groups is 1. The third kappa shape index (κ3) is 3.79. The molecule has 0 unspecified atom stereocenters. The van der Waals surface area contributed by atoms with Crippen LogP contribution in [0, 0.1) is 0 Å². The highest BCUT2D eigenvalue weighted by Crippen LogP contribution is 2.30. The molecule has 1 saturated heterocycles. The maximum absolute atomic E-state index is 12.9. The Balaban J connectivity index is 1.71. The average molecular weight is 339 g/mol. The molecule has 2 atom stereocenters. The van der Waals surface area contributed by atoms with Crippen molar-refractivity contribution >= 4 is 0 Å². The van der Waals surface area contributed by atoms with E-state index in [9.17, 15) is 18.3 Å². The molecule has 2 heterocycles. The molecule has 24 heavy (non-hydrogen) atoms. The van der Waals surface area contributed by atoms with Crippen LogP contribution >= 0.6 is 0 Å². The van der Waals surface area contributed by atoms with E-state index in [1.54, 1.807) is 15.8 Å². The summed E-state index contributed by atoms with van der Waals surface area (Å²) < 4.78 is 40.3. The Bertz CT molecular complexity index is 640. The van der Waals surface area contributed by atoms with Crippen molar-refractivity contribution < 1.29 is 18.3 Å². The Morgan fingerprint density at radius 1 is 1.21 bits per heavy atom. The van der Waals surface area contributed by atoms with Crippen LogP contribution in [-0.4, -0.2) is 44.7 Å². The molecule has 1 aromatic carbocycles. The lowest BCUT2D eigenvalue weighted by molar-refractivity contribution is -0.225. The Morgan fingerprint density at radius 3 is 2.58 bits per heavy atom. The third-order valence-corrected chi connectivity index (χ3v) is 4.46. The van der Waals surface area contributed by atoms with E-state index in [1.807, 2.05) is 36.5 Å². The smallest absolute Gasteiger partial charge is 0.382 e. The minimum absolute atomic E-state index is 0.367. The minimum atomic E-state index is -4.58. The van der Waals surface area contributed by atoms with Gasteiger partial charge in [-0.15, -0.1) is 0 Å². The van der Waals surface area contributed by atoms with E-state index < -0.39 is 18.3 Å². The van der Waals surface area contributed by atoms with Gasteiger partial charge in [-0.1, -0.05) is 18.6 Å². The van der Waals surface area contributed by atoms with Gasteiger partial charge in [-0.2, -0.15) is 18.3 Å². The maximum atomic E-state index is 12.9. The first-order chi connectivity index (χ1) is 11.4. The molecule has 3 rings (SSSR count). The molecule has 1 aliphatic rings. The zero-order chi connectivity index (χ0) is 17.2. The van der Waals surface area contributed by atoms with Crippen LogP contribution in [0.5, 0.6) is 0 Å². The first-order valence-electron chi connectivity index (χ1n) is 8.03. The van der Waals surface area contributed by atoms with Crippen LogP contribution in [0.4, 0.5) is 13.2 Å². The monoisotopic (exact) mass is 339 g/mol. The first kappa shape index (κ1) is 17.0. The number of piperidine rings is 1. The van der Waals surface area contributed by atoms with E-state index in [4.69, 9.17) is 0 Å². The summed E-state index contributed by atoms with van der Waals surface area (Å²) in [5.41, 5.74) is 1.82. The van der Waals surface area contributed by atoms with Crippen molar-refractivity contribution in [2.75, 3.05) is 6.54 Å². The summed E-state index contributed by atoms with van der Waals surface area (Å²) in [5.74, 6) is 0. The van der Waals surface area contributed by atoms with Crippen LogP contribution in [0.3, 0.4) is 0 Å². The van der Waals surface area contributed by atoms with Crippen LogP contribution in [0.1, 0.15) is 24.8 Å². The van der Waals surface area contributed by atoms with E-state index in [0.717, 1.165) is 17.7 Å². The van der Waals surface area contributed by atoms with Gasteiger partial charge in [-0.05, 0) is 43.1 Å². The zero-order valence-electron chi connectivity index (χ0n) is 13.2. The zero-order valence-corrected chi connectivity index (χ0v) is 13.2. The normalized spacial score (nSPS) is 20.9. The number of aromatic nitrogens is 2. The molecule has 1 aromatic heterocycles. The Kier molecular flexibility index (Phi) is 4.91. The standard InChI is InChI=1S/C17H20F3N3O/c18-17(19,20)16(24)15-4-1-2-10-22(15)12-13-5-7-14(8-6-13)23-11-3-9-21-23/h3,5-9,11,15-16,24H,1-2,4,10,12H2/t15-,16+/m0/s1. The first-order valence-corrected chi connectivity index (χ1v) is 8.03. The van der Waals surface area contributed by atoms with Crippen LogP contribution in [-0.2, 0) is 6.54 Å². The molecule has 0 bridgehead atoms. The summed E-state index contributed by atoms with van der Waals surface area (Å²) in [4.78, 5) is 1.74. The predicted octanol–water partition coefficient (Wildman–Crippen LogP) is 3.15. The van der Waals surface area contributed by atoms with E-state index in [-0.39, 0.29) is 0 Å². The second kappa shape index (κ2) is 6.94. The van der Waals surface area contributed by atoms with Gasteiger partial charge in [0.1, 0.15) is 0 Å². The molecule has 7 heteroatoms. The van der Waals surface area contributed by atoms with Gasteiger partial charge in [0, 0.05) is 25.0 Å². The Hall–Kier alpha value is -1.86. The molecule has 130 valence electrons. The van der Waals surface area contributed by atoms with E-state index >= 15 is 0 Å². The van der Waals surface area contributed by atoms with Gasteiger partial charge in [-0.3, -0.25) is 4.90 Å². The third-order valence-electron chi connectivity index (χ3n) is 4.46. The average Bonchev–Trinajstić information content (AvgIpc) is 3.09. The van der Waals surface area contributed by atoms with Gasteiger partial charge in [0.25, 0.3) is 0 Å². The van der Waals surface area contributed by atoms with Gasteiger partial charge in [0.2, 0.25) is 0 Å². The molecule has 2 aromatic rings. The van der Waals surface area contributed by atoms with Gasteiger partial charge in [0.15, 0.2) is 6.10 Å². The van der Waals surface area contributed by atoms with Crippen LogP contribution < -0.4 is 0 Å². The largest absolute Gasteiger partial charge is 0.415 e. The van der Waals surface area contributed by atoms with Crippen molar-refractivity contribution in [2.24, 2.45) is 0 Å². The molecule has 0 saturated carbocycles.